The van der Waals surface area contributed by atoms with Gasteiger partial charge in [-0.05, 0) is 41.0 Å². The van der Waals surface area contributed by atoms with Gasteiger partial charge in [0.2, 0.25) is 0 Å². The van der Waals surface area contributed by atoms with Crippen molar-refractivity contribution < 1.29 is 14.2 Å². The van der Waals surface area contributed by atoms with Gasteiger partial charge in [0.15, 0.2) is 11.5 Å². The number of anilines is 1. The Balaban J connectivity index is 1.74. The number of nitrogens with zero attached hydrogens (tertiary/aromatic N) is 3. The Bertz CT molecular complexity index is 1760. The summed E-state index contributed by atoms with van der Waals surface area (Å²) >= 11 is 0. The summed E-state index contributed by atoms with van der Waals surface area (Å²) in [6, 6.07) is 35.3. The van der Waals surface area contributed by atoms with Crippen LogP contribution in [0.15, 0.2) is 125 Å². The molecule has 0 spiro atoms. The number of aliphatic imine (C=N–C) groups is 2. The van der Waals surface area contributed by atoms with E-state index in [4.69, 9.17) is 24.9 Å². The fraction of sp³-hybridized carbons (Fsp3) is 0.189. The number of nitrogens with one attached hydrogen (secondary N) is 1. The lowest BCUT2D eigenvalue weighted by Gasteiger charge is -2.44. The summed E-state index contributed by atoms with van der Waals surface area (Å²) in [5.41, 5.74) is 13.5. The van der Waals surface area contributed by atoms with Crippen LogP contribution in [0.3, 0.4) is 0 Å². The number of ether oxygens (including phenoxy) is 3. The zero-order chi connectivity index (χ0) is 31.4. The average molecular weight is 600 g/mol. The molecule has 0 atom stereocenters. The van der Waals surface area contributed by atoms with Crippen LogP contribution in [0.4, 0.5) is 5.69 Å². The Morgan fingerprint density at radius 1 is 0.756 bits per heavy atom. The molecular formula is C37H37N5O3. The van der Waals surface area contributed by atoms with Crippen molar-refractivity contribution in [1.82, 2.24) is 5.32 Å². The maximum absolute atomic E-state index is 6.84. The SMILES string of the molecule is COCCN(C)c1ccc(C2=C(c3ccc(OC)c(OC)c3)C(c3ccccc3)(c3ccccc3)C3=C(N)N=CNC3=N2)cc1. The van der Waals surface area contributed by atoms with Crippen LogP contribution in [0.5, 0.6) is 11.5 Å². The molecule has 0 aliphatic carbocycles. The van der Waals surface area contributed by atoms with Crippen LogP contribution in [0.1, 0.15) is 22.3 Å². The van der Waals surface area contributed by atoms with Gasteiger partial charge >= 0.3 is 0 Å². The Hall–Kier alpha value is -5.34. The van der Waals surface area contributed by atoms with Crippen molar-refractivity contribution >= 4 is 29.1 Å². The van der Waals surface area contributed by atoms with Crippen LogP contribution in [-0.2, 0) is 10.2 Å². The monoisotopic (exact) mass is 599 g/mol. The number of hydrogen-bond acceptors (Lipinski definition) is 8. The minimum Gasteiger partial charge on any atom is -0.493 e. The first-order valence-corrected chi connectivity index (χ1v) is 14.8. The van der Waals surface area contributed by atoms with Gasteiger partial charge in [-0.3, -0.25) is 0 Å². The molecule has 0 fully saturated rings. The largest absolute Gasteiger partial charge is 0.493 e. The number of fused-ring (bicyclic) bond motifs is 1. The van der Waals surface area contributed by atoms with E-state index >= 15 is 0 Å². The highest BCUT2D eigenvalue weighted by Crippen LogP contribution is 2.56. The predicted octanol–water partition coefficient (Wildman–Crippen LogP) is 5.85. The molecule has 2 aliphatic heterocycles. The molecule has 0 saturated heterocycles. The summed E-state index contributed by atoms with van der Waals surface area (Å²) in [5, 5.41) is 3.33. The lowest BCUT2D eigenvalue weighted by molar-refractivity contribution is 0.206. The van der Waals surface area contributed by atoms with Crippen molar-refractivity contribution in [3.63, 3.8) is 0 Å². The van der Waals surface area contributed by atoms with Crippen molar-refractivity contribution in [1.29, 1.82) is 0 Å². The number of methoxy groups -OCH3 is 3. The van der Waals surface area contributed by atoms with Gasteiger partial charge in [-0.25, -0.2) is 9.98 Å². The highest BCUT2D eigenvalue weighted by molar-refractivity contribution is 6.19. The van der Waals surface area contributed by atoms with Crippen molar-refractivity contribution in [3.8, 4) is 11.5 Å². The Morgan fingerprint density at radius 2 is 1.38 bits per heavy atom. The molecule has 8 nitrogen and oxygen atoms in total. The molecule has 4 aromatic carbocycles. The molecule has 0 unspecified atom stereocenters. The molecule has 2 heterocycles. The zero-order valence-electron chi connectivity index (χ0n) is 26.0. The number of rotatable bonds is 10. The standard InChI is InChI=1S/C37H37N5O3/c1-42(21-22-43-2)29-18-15-25(16-19-29)34-32(26-17-20-30(44-3)31(23-26)45-4)37(27-11-7-5-8-12-27,28-13-9-6-10-14-28)33-35(38)39-24-40-36(33)41-34/h5-20,23-24H,21-22H2,1-4H3,(H3,38,39,40,41). The number of benzene rings is 4. The molecule has 4 aromatic rings. The van der Waals surface area contributed by atoms with Gasteiger partial charge in [0.1, 0.15) is 11.7 Å². The number of hydrogen-bond donors (Lipinski definition) is 2. The Labute approximate surface area is 264 Å². The molecule has 3 N–H and O–H groups in total. The van der Waals surface area contributed by atoms with E-state index in [9.17, 15) is 0 Å². The van der Waals surface area contributed by atoms with E-state index < -0.39 is 5.41 Å². The van der Waals surface area contributed by atoms with E-state index in [1.54, 1.807) is 27.7 Å². The second-order valence-corrected chi connectivity index (χ2v) is 10.9. The molecule has 228 valence electrons. The molecule has 0 bridgehead atoms. The molecule has 0 radical (unpaired) electrons. The summed E-state index contributed by atoms with van der Waals surface area (Å²) in [5.74, 6) is 2.30. The third-order valence-corrected chi connectivity index (χ3v) is 8.41. The van der Waals surface area contributed by atoms with Crippen molar-refractivity contribution in [2.45, 2.75) is 5.41 Å². The maximum Gasteiger partial charge on any atom is 0.161 e. The summed E-state index contributed by atoms with van der Waals surface area (Å²) < 4.78 is 16.8. The number of likely N-dealkylation sites (N-methyl/N-ethyl adjacent to an activating group) is 1. The van der Waals surface area contributed by atoms with E-state index in [2.05, 4.69) is 101 Å². The summed E-state index contributed by atoms with van der Waals surface area (Å²) in [6.07, 6.45) is 1.60. The van der Waals surface area contributed by atoms with Gasteiger partial charge in [0, 0.05) is 37.5 Å². The van der Waals surface area contributed by atoms with Gasteiger partial charge < -0.3 is 30.2 Å². The van der Waals surface area contributed by atoms with Crippen molar-refractivity contribution in [2.24, 2.45) is 15.7 Å². The van der Waals surface area contributed by atoms with Crippen LogP contribution in [0.25, 0.3) is 11.3 Å². The van der Waals surface area contributed by atoms with Crippen LogP contribution in [0.2, 0.25) is 0 Å². The molecule has 8 heteroatoms. The third kappa shape index (κ3) is 5.23. The number of allylic oxidation sites excluding steroid dienone is 1. The molecule has 0 amide bonds. The molecule has 0 aromatic heterocycles. The predicted molar refractivity (Wildman–Crippen MR) is 182 cm³/mol. The van der Waals surface area contributed by atoms with Crippen LogP contribution < -0.4 is 25.4 Å². The third-order valence-electron chi connectivity index (χ3n) is 8.41. The van der Waals surface area contributed by atoms with Gasteiger partial charge in [0.25, 0.3) is 0 Å². The minimum absolute atomic E-state index is 0.396. The highest BCUT2D eigenvalue weighted by atomic mass is 16.5. The summed E-state index contributed by atoms with van der Waals surface area (Å²) in [4.78, 5) is 12.0. The topological polar surface area (TPSA) is 93.7 Å². The lowest BCUT2D eigenvalue weighted by Crippen LogP contribution is -2.45. The smallest absolute Gasteiger partial charge is 0.161 e. The first-order chi connectivity index (χ1) is 22.0. The second-order valence-electron chi connectivity index (χ2n) is 10.9. The number of amidine groups is 1. The lowest BCUT2D eigenvalue weighted by atomic mass is 9.60. The van der Waals surface area contributed by atoms with Gasteiger partial charge in [-0.15, -0.1) is 0 Å². The summed E-state index contributed by atoms with van der Waals surface area (Å²) in [7, 11) is 7.06. The quantitative estimate of drug-likeness (QED) is 0.237. The van der Waals surface area contributed by atoms with Gasteiger partial charge in [-0.1, -0.05) is 78.9 Å². The fourth-order valence-electron chi connectivity index (χ4n) is 6.25. The van der Waals surface area contributed by atoms with E-state index in [-0.39, 0.29) is 0 Å². The Morgan fingerprint density at radius 3 is 1.98 bits per heavy atom. The first-order valence-electron chi connectivity index (χ1n) is 14.8. The molecule has 6 rings (SSSR count). The Kier molecular flexibility index (Phi) is 8.40. The van der Waals surface area contributed by atoms with E-state index in [0.717, 1.165) is 51.3 Å². The van der Waals surface area contributed by atoms with Crippen LogP contribution >= 0.6 is 0 Å². The van der Waals surface area contributed by atoms with E-state index in [1.807, 2.05) is 24.3 Å². The molecular weight excluding hydrogens is 562 g/mol. The minimum atomic E-state index is -0.905. The van der Waals surface area contributed by atoms with Crippen LogP contribution in [-0.4, -0.2) is 53.7 Å². The van der Waals surface area contributed by atoms with E-state index in [0.29, 0.717) is 29.8 Å². The maximum atomic E-state index is 6.84. The van der Waals surface area contributed by atoms with Crippen LogP contribution in [0, 0.1) is 0 Å². The fourth-order valence-corrected chi connectivity index (χ4v) is 6.25. The zero-order valence-corrected chi connectivity index (χ0v) is 26.0. The van der Waals surface area contributed by atoms with Gasteiger partial charge in [0.05, 0.1) is 43.9 Å². The normalized spacial score (nSPS) is 15.2. The van der Waals surface area contributed by atoms with Crippen molar-refractivity contribution in [3.05, 3.63) is 137 Å². The highest BCUT2D eigenvalue weighted by Gasteiger charge is 2.50. The molecule has 45 heavy (non-hydrogen) atoms. The second kappa shape index (κ2) is 12.7. The van der Waals surface area contributed by atoms with Crippen molar-refractivity contribution in [2.75, 3.05) is 46.4 Å². The van der Waals surface area contributed by atoms with E-state index in [1.165, 1.54) is 0 Å². The van der Waals surface area contributed by atoms with Gasteiger partial charge in [-0.2, -0.15) is 0 Å². The average Bonchev–Trinajstić information content (AvgIpc) is 3.10. The first kappa shape index (κ1) is 29.7. The molecule has 0 saturated carbocycles. The number of nitrogens with two attached hydrogens (primary N) is 1. The summed E-state index contributed by atoms with van der Waals surface area (Å²) in [6.45, 7) is 1.42. The molecule has 2 aliphatic rings.